The van der Waals surface area contributed by atoms with E-state index in [0.29, 0.717) is 0 Å². The molecule has 4 heteroatoms. The molecule has 0 aromatic carbocycles. The minimum Gasteiger partial charge on any atom is -0.412 e. The van der Waals surface area contributed by atoms with E-state index in [1.807, 2.05) is 0 Å². The van der Waals surface area contributed by atoms with Gasteiger partial charge in [0.25, 0.3) is 0 Å². The smallest absolute Gasteiger partial charge is 0 e. The molecule has 0 aliphatic carbocycles. The standard InChI is InChI=1S/Ge.In.H2O.Zn/h;;1H2;. The van der Waals surface area contributed by atoms with Crippen molar-refractivity contribution in [2.75, 3.05) is 0 Å². The van der Waals surface area contributed by atoms with E-state index in [2.05, 4.69) is 0 Å². The zero-order chi connectivity index (χ0) is 0. The molecule has 0 unspecified atom stereocenters. The van der Waals surface area contributed by atoms with Gasteiger partial charge in [0.1, 0.15) is 0 Å². The van der Waals surface area contributed by atoms with Gasteiger partial charge in [-0.1, -0.05) is 0 Å². The summed E-state index contributed by atoms with van der Waals surface area (Å²) in [5.74, 6) is 0. The third kappa shape index (κ3) is 9.00. The van der Waals surface area contributed by atoms with E-state index in [1.54, 1.807) is 0 Å². The Morgan fingerprint density at radius 3 is 1.00 bits per heavy atom. The van der Waals surface area contributed by atoms with Gasteiger partial charge in [0.15, 0.2) is 0 Å². The van der Waals surface area contributed by atoms with Crippen molar-refractivity contribution in [1.29, 1.82) is 0 Å². The Hall–Kier alpha value is 2.00. The summed E-state index contributed by atoms with van der Waals surface area (Å²) in [6.45, 7) is 0. The molecule has 0 heterocycles. The summed E-state index contributed by atoms with van der Waals surface area (Å²) in [5.41, 5.74) is 0. The summed E-state index contributed by atoms with van der Waals surface area (Å²) in [4.78, 5) is 0. The van der Waals surface area contributed by atoms with Gasteiger partial charge in [0.2, 0.25) is 0 Å². The third-order valence-corrected chi connectivity index (χ3v) is 0. The monoisotopic (exact) mass is 271 g/mol. The molecule has 0 saturated heterocycles. The van der Waals surface area contributed by atoms with E-state index < -0.39 is 0 Å². The van der Waals surface area contributed by atoms with Crippen molar-refractivity contribution in [2.24, 2.45) is 0 Å². The second-order valence-corrected chi connectivity index (χ2v) is 0. The summed E-state index contributed by atoms with van der Waals surface area (Å²) >= 11 is 0. The number of hydrogen-bond donors (Lipinski definition) is 0. The number of hydrogen-bond acceptors (Lipinski definition) is 0. The molecule has 0 fully saturated rings. The molecule has 0 spiro atoms. The maximum Gasteiger partial charge on any atom is 0 e. The SMILES string of the molecule is O.[Ge].[In].[Zn]. The molecular formula is H2GeInOZn. The molecular weight excluding hydrogens is 269 g/mol. The van der Waals surface area contributed by atoms with Crippen molar-refractivity contribution in [3.63, 3.8) is 0 Å². The van der Waals surface area contributed by atoms with Crippen molar-refractivity contribution < 1.29 is 25.0 Å². The molecule has 0 atom stereocenters. The fraction of sp³-hybridized carbons (Fsp3) is 0. The van der Waals surface area contributed by atoms with Crippen LogP contribution in [0, 0.1) is 0 Å². The Morgan fingerprint density at radius 2 is 1.00 bits per heavy atom. The molecule has 0 rings (SSSR count). The van der Waals surface area contributed by atoms with Crippen LogP contribution < -0.4 is 0 Å². The van der Waals surface area contributed by atoms with Gasteiger partial charge in [-0.2, -0.15) is 0 Å². The largest absolute Gasteiger partial charge is 0.412 e. The van der Waals surface area contributed by atoms with Crippen molar-refractivity contribution >= 4 is 43.4 Å². The van der Waals surface area contributed by atoms with Crippen LogP contribution in [0.15, 0.2) is 0 Å². The predicted octanol–water partition coefficient (Wildman–Crippen LogP) is -1.59. The Balaban J connectivity index is 0. The zero-order valence-electron chi connectivity index (χ0n) is 2.28. The summed E-state index contributed by atoms with van der Waals surface area (Å²) < 4.78 is 0. The first-order valence-electron chi connectivity index (χ1n) is 0. The van der Waals surface area contributed by atoms with Crippen LogP contribution in [0.3, 0.4) is 0 Å². The van der Waals surface area contributed by atoms with Gasteiger partial charge < -0.3 is 5.48 Å². The van der Waals surface area contributed by atoms with Crippen LogP contribution in [0.25, 0.3) is 0 Å². The molecule has 7 radical (unpaired) electrons. The van der Waals surface area contributed by atoms with Gasteiger partial charge in [0, 0.05) is 62.9 Å². The van der Waals surface area contributed by atoms with E-state index in [4.69, 9.17) is 0 Å². The predicted molar refractivity (Wildman–Crippen MR) is 15.1 cm³/mol. The average Bonchev–Trinajstić information content (AvgIpc) is 0. The molecule has 0 amide bonds. The Labute approximate surface area is 67.7 Å². The van der Waals surface area contributed by atoms with Crippen molar-refractivity contribution in [1.82, 2.24) is 0 Å². The third-order valence-electron chi connectivity index (χ3n) is 0. The van der Waals surface area contributed by atoms with E-state index in [1.165, 1.54) is 0 Å². The molecule has 0 aromatic rings. The topological polar surface area (TPSA) is 31.5 Å². The quantitative estimate of drug-likeness (QED) is 0.476. The second-order valence-electron chi connectivity index (χ2n) is 0. The van der Waals surface area contributed by atoms with E-state index in [0.717, 1.165) is 0 Å². The van der Waals surface area contributed by atoms with Gasteiger partial charge >= 0.3 is 0 Å². The first kappa shape index (κ1) is 37.6. The van der Waals surface area contributed by atoms with Crippen LogP contribution >= 0.6 is 0 Å². The van der Waals surface area contributed by atoms with Crippen LogP contribution in [-0.2, 0) is 19.5 Å². The van der Waals surface area contributed by atoms with Crippen LogP contribution in [0.2, 0.25) is 0 Å². The maximum absolute atomic E-state index is 0. The summed E-state index contributed by atoms with van der Waals surface area (Å²) in [6.07, 6.45) is 0. The summed E-state index contributed by atoms with van der Waals surface area (Å²) in [6, 6.07) is 0. The average molecular weight is 271 g/mol. The van der Waals surface area contributed by atoms with Gasteiger partial charge in [-0.05, 0) is 0 Å². The Bertz CT molecular complexity index is 8.00. The van der Waals surface area contributed by atoms with Gasteiger partial charge in [-0.25, -0.2) is 0 Å². The van der Waals surface area contributed by atoms with E-state index in [-0.39, 0.29) is 68.4 Å². The molecule has 2 N–H and O–H groups in total. The molecule has 0 bridgehead atoms. The van der Waals surface area contributed by atoms with E-state index in [9.17, 15) is 0 Å². The van der Waals surface area contributed by atoms with Crippen LogP contribution in [0.5, 0.6) is 0 Å². The maximum atomic E-state index is 0. The van der Waals surface area contributed by atoms with Crippen molar-refractivity contribution in [2.45, 2.75) is 0 Å². The van der Waals surface area contributed by atoms with Gasteiger partial charge in [-0.15, -0.1) is 0 Å². The number of rotatable bonds is 0. The van der Waals surface area contributed by atoms with E-state index >= 15 is 0 Å². The fourth-order valence-electron chi connectivity index (χ4n) is 0. The zero-order valence-corrected chi connectivity index (χ0v) is 10.6. The van der Waals surface area contributed by atoms with Gasteiger partial charge in [0.05, 0.1) is 0 Å². The van der Waals surface area contributed by atoms with Gasteiger partial charge in [-0.3, -0.25) is 0 Å². The first-order chi connectivity index (χ1) is 0. The van der Waals surface area contributed by atoms with Crippen LogP contribution in [0.1, 0.15) is 0 Å². The Kier molecular flexibility index (Phi) is 188. The molecule has 17 valence electrons. The molecule has 0 aliphatic rings. The van der Waals surface area contributed by atoms with Crippen LogP contribution in [0.4, 0.5) is 0 Å². The summed E-state index contributed by atoms with van der Waals surface area (Å²) in [5, 5.41) is 0. The normalized spacial score (nSPS) is 0. The molecule has 1 nitrogen and oxygen atoms in total. The van der Waals surface area contributed by atoms with Crippen molar-refractivity contribution in [3.8, 4) is 0 Å². The second kappa shape index (κ2) is 20.0. The van der Waals surface area contributed by atoms with Crippen molar-refractivity contribution in [3.05, 3.63) is 0 Å². The fourth-order valence-corrected chi connectivity index (χ4v) is 0. The molecule has 4 heavy (non-hydrogen) atoms. The minimum absolute atomic E-state index is 0. The molecule has 0 aliphatic heterocycles. The minimum atomic E-state index is 0. The molecule has 0 aromatic heterocycles. The first-order valence-corrected chi connectivity index (χ1v) is 0. The summed E-state index contributed by atoms with van der Waals surface area (Å²) in [7, 11) is 0. The van der Waals surface area contributed by atoms with Crippen LogP contribution in [-0.4, -0.2) is 48.9 Å². The molecule has 0 saturated carbocycles. The Morgan fingerprint density at radius 1 is 1.00 bits per heavy atom.